The molecular weight excluding hydrogens is 407 g/mol. The van der Waals surface area contributed by atoms with Gasteiger partial charge < -0.3 is 15.2 Å². The number of aromatic nitrogens is 3. The minimum atomic E-state index is -0.290. The van der Waals surface area contributed by atoms with E-state index in [4.69, 9.17) is 19.9 Å². The van der Waals surface area contributed by atoms with Gasteiger partial charge in [-0.3, -0.25) is 0 Å². The zero-order valence-corrected chi connectivity index (χ0v) is 18.3. The van der Waals surface area contributed by atoms with Gasteiger partial charge in [-0.1, -0.05) is 29.8 Å². The van der Waals surface area contributed by atoms with Gasteiger partial charge in [0.2, 0.25) is 0 Å². The molecule has 0 amide bonds. The third-order valence-electron chi connectivity index (χ3n) is 5.23. The molecule has 0 aliphatic carbocycles. The fourth-order valence-corrected chi connectivity index (χ4v) is 3.64. The Morgan fingerprint density at radius 1 is 1.06 bits per heavy atom. The van der Waals surface area contributed by atoms with Gasteiger partial charge in [0.25, 0.3) is 0 Å². The zero-order valence-electron chi connectivity index (χ0n) is 18.3. The maximum Gasteiger partial charge on any atom is 0.164 e. The van der Waals surface area contributed by atoms with Crippen LogP contribution in [0.2, 0.25) is 0 Å². The van der Waals surface area contributed by atoms with Gasteiger partial charge in [0.15, 0.2) is 5.65 Å². The Bertz CT molecular complexity index is 1190. The maximum absolute atomic E-state index is 13.6. The summed E-state index contributed by atoms with van der Waals surface area (Å²) < 4.78 is 21.1. The number of nitrogens with one attached hydrogen (secondary N) is 1. The minimum Gasteiger partial charge on any atom is -0.395 e. The first-order chi connectivity index (χ1) is 15.6. The summed E-state index contributed by atoms with van der Waals surface area (Å²) in [4.78, 5) is 4.90. The molecule has 0 saturated carbocycles. The Labute approximate surface area is 186 Å². The zero-order chi connectivity index (χ0) is 22.5. The monoisotopic (exact) mass is 434 g/mol. The van der Waals surface area contributed by atoms with E-state index >= 15 is 0 Å². The Morgan fingerprint density at radius 3 is 2.47 bits per heavy atom. The molecule has 0 spiro atoms. The Morgan fingerprint density at radius 2 is 1.78 bits per heavy atom. The molecule has 0 atom stereocenters. The number of hydrogen-bond donors (Lipinski definition) is 2. The number of benzene rings is 2. The summed E-state index contributed by atoms with van der Waals surface area (Å²) in [6, 6.07) is 16.6. The van der Waals surface area contributed by atoms with E-state index in [9.17, 15) is 4.39 Å². The van der Waals surface area contributed by atoms with Crippen molar-refractivity contribution >= 4 is 5.65 Å². The van der Waals surface area contributed by atoms with E-state index in [0.29, 0.717) is 32.0 Å². The van der Waals surface area contributed by atoms with Crippen LogP contribution in [0.15, 0.2) is 54.6 Å². The second-order valence-corrected chi connectivity index (χ2v) is 7.60. The van der Waals surface area contributed by atoms with E-state index in [2.05, 4.69) is 36.5 Å². The normalized spacial score (nSPS) is 11.4. The number of aliphatic hydroxyl groups is 1. The number of hydrogen-bond acceptors (Lipinski definition) is 5. The van der Waals surface area contributed by atoms with Crippen LogP contribution >= 0.6 is 0 Å². The van der Waals surface area contributed by atoms with Gasteiger partial charge in [-0.05, 0) is 49.7 Å². The van der Waals surface area contributed by atoms with Crippen LogP contribution in [-0.4, -0.2) is 39.5 Å². The SMILES string of the molecule is CCOCc1nn2c(-c3ccc(F)cc3)cc(CNCCO)nc2c1-c1ccc(C)cc1. The molecule has 0 bridgehead atoms. The molecule has 166 valence electrons. The number of nitrogens with zero attached hydrogens (tertiary/aromatic N) is 3. The predicted molar refractivity (Wildman–Crippen MR) is 123 cm³/mol. The highest BCUT2D eigenvalue weighted by molar-refractivity contribution is 5.82. The smallest absolute Gasteiger partial charge is 0.164 e. The molecule has 0 aliphatic heterocycles. The molecule has 4 rings (SSSR count). The van der Waals surface area contributed by atoms with Gasteiger partial charge in [0, 0.05) is 25.3 Å². The summed E-state index contributed by atoms with van der Waals surface area (Å²) in [5, 5.41) is 17.2. The highest BCUT2D eigenvalue weighted by Crippen LogP contribution is 2.32. The van der Waals surface area contributed by atoms with Gasteiger partial charge in [-0.2, -0.15) is 5.10 Å². The molecule has 7 heteroatoms. The van der Waals surface area contributed by atoms with Crippen LogP contribution in [0.25, 0.3) is 28.0 Å². The van der Waals surface area contributed by atoms with Gasteiger partial charge in [-0.15, -0.1) is 0 Å². The highest BCUT2D eigenvalue weighted by atomic mass is 19.1. The van der Waals surface area contributed by atoms with Crippen molar-refractivity contribution in [3.8, 4) is 22.4 Å². The summed E-state index contributed by atoms with van der Waals surface area (Å²) in [5.41, 5.74) is 7.07. The standard InChI is InChI=1S/C25H27FN4O2/c1-3-32-16-22-24(19-6-4-17(2)5-7-19)25-28-21(15-27-12-13-31)14-23(30(25)29-22)18-8-10-20(26)11-9-18/h4-11,14,27,31H,3,12-13,15-16H2,1-2H3. The molecule has 32 heavy (non-hydrogen) atoms. The van der Waals surface area contributed by atoms with Crippen LogP contribution in [0.5, 0.6) is 0 Å². The first-order valence-corrected chi connectivity index (χ1v) is 10.7. The molecule has 6 nitrogen and oxygen atoms in total. The third kappa shape index (κ3) is 4.70. The van der Waals surface area contributed by atoms with Gasteiger partial charge in [0.1, 0.15) is 5.82 Å². The van der Waals surface area contributed by atoms with Crippen LogP contribution in [0.3, 0.4) is 0 Å². The van der Waals surface area contributed by atoms with Crippen molar-refractivity contribution in [2.24, 2.45) is 0 Å². The van der Waals surface area contributed by atoms with Gasteiger partial charge >= 0.3 is 0 Å². The van der Waals surface area contributed by atoms with Crippen molar-refractivity contribution in [1.29, 1.82) is 0 Å². The van der Waals surface area contributed by atoms with Crippen molar-refractivity contribution in [2.45, 2.75) is 27.0 Å². The summed E-state index contributed by atoms with van der Waals surface area (Å²) in [6.45, 7) is 5.96. The number of ether oxygens (including phenoxy) is 1. The number of fused-ring (bicyclic) bond motifs is 1. The lowest BCUT2D eigenvalue weighted by Gasteiger charge is -2.10. The summed E-state index contributed by atoms with van der Waals surface area (Å²) in [6.07, 6.45) is 0. The lowest BCUT2D eigenvalue weighted by Crippen LogP contribution is -2.18. The molecule has 2 aromatic carbocycles. The Balaban J connectivity index is 1.94. The van der Waals surface area contributed by atoms with Crippen LogP contribution in [0, 0.1) is 12.7 Å². The molecule has 0 radical (unpaired) electrons. The number of aryl methyl sites for hydroxylation is 1. The predicted octanol–water partition coefficient (Wildman–Crippen LogP) is 4.13. The van der Waals surface area contributed by atoms with Crippen molar-refractivity contribution in [2.75, 3.05) is 19.8 Å². The second-order valence-electron chi connectivity index (χ2n) is 7.60. The van der Waals surface area contributed by atoms with Crippen LogP contribution < -0.4 is 5.32 Å². The molecule has 0 saturated heterocycles. The molecule has 2 heterocycles. The highest BCUT2D eigenvalue weighted by Gasteiger charge is 2.20. The van der Waals surface area contributed by atoms with Crippen molar-refractivity contribution in [3.05, 3.63) is 77.4 Å². The molecule has 0 fully saturated rings. The van der Waals surface area contributed by atoms with E-state index in [1.54, 1.807) is 12.1 Å². The van der Waals surface area contributed by atoms with Gasteiger partial charge in [-0.25, -0.2) is 13.9 Å². The van der Waals surface area contributed by atoms with E-state index in [0.717, 1.165) is 33.8 Å². The lowest BCUT2D eigenvalue weighted by atomic mass is 10.0. The first kappa shape index (κ1) is 22.1. The topological polar surface area (TPSA) is 71.7 Å². The quantitative estimate of drug-likeness (QED) is 0.388. The molecule has 2 N–H and O–H groups in total. The van der Waals surface area contributed by atoms with Gasteiger partial charge in [0.05, 0.1) is 35.9 Å². The molecule has 2 aromatic heterocycles. The fraction of sp³-hybridized carbons (Fsp3) is 0.280. The van der Waals surface area contributed by atoms with Crippen LogP contribution in [-0.2, 0) is 17.9 Å². The van der Waals surface area contributed by atoms with Crippen molar-refractivity contribution in [3.63, 3.8) is 0 Å². The molecule has 0 unspecified atom stereocenters. The second kappa shape index (κ2) is 9.99. The summed E-state index contributed by atoms with van der Waals surface area (Å²) >= 11 is 0. The van der Waals surface area contributed by atoms with E-state index in [-0.39, 0.29) is 12.4 Å². The first-order valence-electron chi connectivity index (χ1n) is 10.7. The molecule has 4 aromatic rings. The van der Waals surface area contributed by atoms with Crippen LogP contribution in [0.1, 0.15) is 23.9 Å². The average molecular weight is 435 g/mol. The minimum absolute atomic E-state index is 0.0485. The van der Waals surface area contributed by atoms with Crippen molar-refractivity contribution < 1.29 is 14.2 Å². The van der Waals surface area contributed by atoms with E-state index in [1.165, 1.54) is 17.7 Å². The summed E-state index contributed by atoms with van der Waals surface area (Å²) in [7, 11) is 0. The molecular formula is C25H27FN4O2. The number of rotatable bonds is 9. The number of halogens is 1. The lowest BCUT2D eigenvalue weighted by molar-refractivity contribution is 0.131. The third-order valence-corrected chi connectivity index (χ3v) is 5.23. The largest absolute Gasteiger partial charge is 0.395 e. The summed E-state index contributed by atoms with van der Waals surface area (Å²) in [5.74, 6) is -0.290. The Kier molecular flexibility index (Phi) is 6.90. The van der Waals surface area contributed by atoms with Crippen LogP contribution in [0.4, 0.5) is 4.39 Å². The van der Waals surface area contributed by atoms with E-state index < -0.39 is 0 Å². The fourth-order valence-electron chi connectivity index (χ4n) is 3.64. The van der Waals surface area contributed by atoms with E-state index in [1.807, 2.05) is 17.5 Å². The maximum atomic E-state index is 13.6. The Hall–Kier alpha value is -3.13. The van der Waals surface area contributed by atoms with Crippen molar-refractivity contribution in [1.82, 2.24) is 19.9 Å². The average Bonchev–Trinajstić information content (AvgIpc) is 3.17. The number of aliphatic hydroxyl groups excluding tert-OH is 1. The molecule has 0 aliphatic rings.